The van der Waals surface area contributed by atoms with E-state index in [1.807, 2.05) is 0 Å². The van der Waals surface area contributed by atoms with Crippen LogP contribution in [0.2, 0.25) is 5.02 Å². The molecule has 1 atom stereocenters. The second-order valence-electron chi connectivity index (χ2n) is 12.3. The third-order valence-electron chi connectivity index (χ3n) is 9.17. The third kappa shape index (κ3) is 6.95. The fourth-order valence-corrected chi connectivity index (χ4v) is 8.29. The van der Waals surface area contributed by atoms with Gasteiger partial charge in [-0.2, -0.15) is 4.31 Å². The molecule has 0 unspecified atom stereocenters. The zero-order chi connectivity index (χ0) is 36.5. The van der Waals surface area contributed by atoms with Crippen LogP contribution in [-0.4, -0.2) is 51.9 Å². The van der Waals surface area contributed by atoms with Crippen molar-refractivity contribution in [1.82, 2.24) is 14.3 Å². The van der Waals surface area contributed by atoms with E-state index in [4.69, 9.17) is 16.3 Å². The first-order valence-electron chi connectivity index (χ1n) is 16.0. The van der Waals surface area contributed by atoms with Gasteiger partial charge in [0.1, 0.15) is 5.02 Å². The second kappa shape index (κ2) is 14.7. The summed E-state index contributed by atoms with van der Waals surface area (Å²) in [5, 5.41) is 7.88. The Balaban J connectivity index is 1.43. The van der Waals surface area contributed by atoms with Gasteiger partial charge in [-0.3, -0.25) is 14.8 Å². The molecule has 1 aromatic heterocycles. The van der Waals surface area contributed by atoms with Gasteiger partial charge in [-0.25, -0.2) is 30.8 Å². The maximum atomic E-state index is 15.1. The van der Waals surface area contributed by atoms with E-state index in [1.54, 1.807) is 36.5 Å². The van der Waals surface area contributed by atoms with Crippen molar-refractivity contribution >= 4 is 39.2 Å². The quantitative estimate of drug-likeness (QED) is 0.0990. The second-order valence-corrected chi connectivity index (χ2v) is 14.5. The molecule has 6 rings (SSSR count). The highest BCUT2D eigenvalue weighted by Crippen LogP contribution is 2.43. The number of halogens is 5. The van der Waals surface area contributed by atoms with Gasteiger partial charge in [0, 0.05) is 30.8 Å². The molecule has 0 radical (unpaired) electrons. The zero-order valence-electron chi connectivity index (χ0n) is 26.9. The number of rotatable bonds is 11. The van der Waals surface area contributed by atoms with Crippen molar-refractivity contribution in [3.05, 3.63) is 118 Å². The van der Waals surface area contributed by atoms with E-state index in [9.17, 15) is 31.9 Å². The lowest BCUT2D eigenvalue weighted by Crippen LogP contribution is -2.70. The largest absolute Gasteiger partial charge is 0.478 e. The number of carboxylic acids is 1. The normalized spacial score (nSPS) is 18.3. The summed E-state index contributed by atoms with van der Waals surface area (Å²) in [7, 11) is -5.54. The summed E-state index contributed by atoms with van der Waals surface area (Å²) in [6, 6.07) is 13.4. The highest BCUT2D eigenvalue weighted by molar-refractivity contribution is 7.89. The molecule has 2 heterocycles. The summed E-state index contributed by atoms with van der Waals surface area (Å²) < 4.78 is 93.7. The van der Waals surface area contributed by atoms with Gasteiger partial charge in [0.2, 0.25) is 5.72 Å². The van der Waals surface area contributed by atoms with Crippen LogP contribution in [0.15, 0.2) is 71.9 Å². The molecule has 1 saturated heterocycles. The number of carboxylic acid groups (broad SMARTS) is 1. The molecule has 2 aliphatic rings. The molecular weight excluding hydrogens is 716 g/mol. The van der Waals surface area contributed by atoms with Crippen LogP contribution in [0.3, 0.4) is 0 Å². The first kappa shape index (κ1) is 36.4. The summed E-state index contributed by atoms with van der Waals surface area (Å²) in [5.74, 6) is -10.9. The Kier molecular flexibility index (Phi) is 10.4. The minimum absolute atomic E-state index is 0.0936. The van der Waals surface area contributed by atoms with Gasteiger partial charge in [-0.1, -0.05) is 61.2 Å². The lowest BCUT2D eigenvalue weighted by molar-refractivity contribution is -0.194. The van der Waals surface area contributed by atoms with E-state index in [0.717, 1.165) is 42.7 Å². The summed E-state index contributed by atoms with van der Waals surface area (Å²) in [6.07, 6.45) is 7.95. The molecule has 1 saturated carbocycles. The third-order valence-corrected chi connectivity index (χ3v) is 11.4. The molecule has 1 aliphatic carbocycles. The fraction of sp³-hybridized carbons (Fsp3) is 0.314. The Hall–Kier alpha value is -4.44. The smallest absolute Gasteiger partial charge is 0.335 e. The summed E-state index contributed by atoms with van der Waals surface area (Å²) in [4.78, 5) is 34.6. The number of aromatic carboxylic acids is 1. The predicted octanol–water partition coefficient (Wildman–Crippen LogP) is 6.97. The van der Waals surface area contributed by atoms with E-state index >= 15 is 8.78 Å². The Morgan fingerprint density at radius 1 is 0.922 bits per heavy atom. The Morgan fingerprint density at radius 3 is 2.12 bits per heavy atom. The number of amides is 1. The Morgan fingerprint density at radius 2 is 1.57 bits per heavy atom. The number of hydrogen-bond donors (Lipinski definition) is 1. The topological polar surface area (TPSA) is 130 Å². The van der Waals surface area contributed by atoms with Crippen molar-refractivity contribution in [3.63, 3.8) is 0 Å². The predicted molar refractivity (Wildman–Crippen MR) is 176 cm³/mol. The van der Waals surface area contributed by atoms with Gasteiger partial charge in [0.25, 0.3) is 15.9 Å². The number of nitrogens with zero attached hydrogens (tertiary/aromatic N) is 4. The monoisotopic (exact) mass is 746 g/mol. The molecule has 2 fully saturated rings. The van der Waals surface area contributed by atoms with Crippen molar-refractivity contribution in [2.24, 2.45) is 0 Å². The number of benzene rings is 3. The highest BCUT2D eigenvalue weighted by Gasteiger charge is 2.61. The first-order chi connectivity index (χ1) is 24.3. The van der Waals surface area contributed by atoms with Crippen LogP contribution in [0.25, 0.3) is 0 Å². The number of anilines is 1. The molecule has 1 N–H and O–H groups in total. The fourth-order valence-electron chi connectivity index (χ4n) is 6.33. The van der Waals surface area contributed by atoms with Gasteiger partial charge >= 0.3 is 5.97 Å². The number of carbonyl (C=O) groups is 2. The first-order valence-corrected chi connectivity index (χ1v) is 17.8. The molecule has 51 heavy (non-hydrogen) atoms. The van der Waals surface area contributed by atoms with Crippen LogP contribution in [0.4, 0.5) is 23.2 Å². The van der Waals surface area contributed by atoms with Crippen molar-refractivity contribution in [1.29, 1.82) is 0 Å². The van der Waals surface area contributed by atoms with Crippen molar-refractivity contribution < 1.29 is 45.4 Å². The van der Waals surface area contributed by atoms with E-state index < -0.39 is 67.4 Å². The van der Waals surface area contributed by atoms with E-state index in [1.165, 1.54) is 30.5 Å². The lowest BCUT2D eigenvalue weighted by atomic mass is 9.87. The van der Waals surface area contributed by atoms with Gasteiger partial charge < -0.3 is 14.7 Å². The van der Waals surface area contributed by atoms with Crippen LogP contribution in [0.5, 0.6) is 0 Å². The molecule has 10 nitrogen and oxygen atoms in total. The van der Waals surface area contributed by atoms with Crippen molar-refractivity contribution in [2.75, 3.05) is 11.4 Å². The molecule has 1 amide bonds. The van der Waals surface area contributed by atoms with Gasteiger partial charge in [0.15, 0.2) is 28.2 Å². The van der Waals surface area contributed by atoms with Crippen LogP contribution < -0.4 is 4.90 Å². The number of carbonyl (C=O) groups excluding carboxylic acids is 1. The van der Waals surface area contributed by atoms with Gasteiger partial charge in [-0.15, -0.1) is 0 Å². The zero-order valence-corrected chi connectivity index (χ0v) is 28.4. The number of ether oxygens (including phenoxy) is 1. The van der Waals surface area contributed by atoms with Crippen molar-refractivity contribution in [3.8, 4) is 0 Å². The van der Waals surface area contributed by atoms with Crippen LogP contribution in [0, 0.1) is 23.3 Å². The molecule has 4 aromatic rings. The average molecular weight is 747 g/mol. The Bertz CT molecular complexity index is 2020. The molecule has 0 spiro atoms. The maximum Gasteiger partial charge on any atom is 0.335 e. The standard InChI is InChI=1S/C35H31ClF4N4O6S/c36-27-28(37)30(39)32(31(40)29(27)38)51(48,49)44-16-15-35(44,50-20-21-7-3-1-4-8-21)34(47)43(25-13-11-23(12-14-25)33(45)46)19-24-17-42-26(18-41-24)22-9-5-2-6-10-22/h1,3-4,7-8,11-14,17-18,22H,2,5-6,9-10,15-16,19-20H2,(H,45,46)/t35-/m1/s1. The van der Waals surface area contributed by atoms with Gasteiger partial charge in [0.05, 0.1) is 36.3 Å². The summed E-state index contributed by atoms with van der Waals surface area (Å²) >= 11 is 5.36. The van der Waals surface area contributed by atoms with E-state index in [-0.39, 0.29) is 42.4 Å². The molecule has 3 aromatic carbocycles. The van der Waals surface area contributed by atoms with E-state index in [2.05, 4.69) is 9.97 Å². The van der Waals surface area contributed by atoms with Gasteiger partial charge in [-0.05, 0) is 42.7 Å². The van der Waals surface area contributed by atoms with Crippen LogP contribution in [-0.2, 0) is 32.7 Å². The molecular formula is C35H31ClF4N4O6S. The summed E-state index contributed by atoms with van der Waals surface area (Å²) in [6.45, 7) is -1.22. The minimum Gasteiger partial charge on any atom is -0.478 e. The maximum absolute atomic E-state index is 15.1. The molecule has 268 valence electrons. The molecule has 1 aliphatic heterocycles. The SMILES string of the molecule is O=C(O)c1ccc(N(Cc2cnc(C3CCCCC3)cn2)C(=O)[C@]2(OCc3ccccc3)CCN2S(=O)(=O)c2c(F)c(F)c(Cl)c(F)c2F)cc1. The highest BCUT2D eigenvalue weighted by atomic mass is 35.5. The lowest BCUT2D eigenvalue weighted by Gasteiger charge is -2.50. The number of hydrogen-bond acceptors (Lipinski definition) is 7. The molecule has 0 bridgehead atoms. The van der Waals surface area contributed by atoms with Crippen LogP contribution in [0.1, 0.15) is 71.8 Å². The number of sulfonamides is 1. The summed E-state index contributed by atoms with van der Waals surface area (Å²) in [5.41, 5.74) is -0.958. The number of aromatic nitrogens is 2. The van der Waals surface area contributed by atoms with E-state index in [0.29, 0.717) is 9.87 Å². The average Bonchev–Trinajstić information content (AvgIpc) is 3.12. The molecule has 16 heteroatoms. The van der Waals surface area contributed by atoms with Crippen LogP contribution >= 0.6 is 11.6 Å². The minimum atomic E-state index is -5.54. The van der Waals surface area contributed by atoms with Crippen molar-refractivity contribution in [2.45, 2.75) is 68.2 Å². The Labute approximate surface area is 295 Å².